The molecule has 2 aliphatic rings. The molecule has 0 bridgehead atoms. The number of nitrogens with zero attached hydrogens (tertiary/aromatic N) is 2. The van der Waals surface area contributed by atoms with Crippen LogP contribution < -0.4 is 24.0 Å². The highest BCUT2D eigenvalue weighted by molar-refractivity contribution is 7.92. The first-order valence-electron chi connectivity index (χ1n) is 11.5. The first kappa shape index (κ1) is 23.7. The molecule has 1 saturated heterocycles. The van der Waals surface area contributed by atoms with E-state index >= 15 is 0 Å². The largest absolute Gasteiger partial charge is 0.486 e. The van der Waals surface area contributed by atoms with Gasteiger partial charge in [0.05, 0.1) is 16.5 Å². The Morgan fingerprint density at radius 3 is 2.50 bits per heavy atom. The minimum absolute atomic E-state index is 0.0482. The van der Waals surface area contributed by atoms with E-state index in [1.165, 1.54) is 23.5 Å². The van der Waals surface area contributed by atoms with Crippen LogP contribution in [0.3, 0.4) is 0 Å². The molecule has 36 heavy (non-hydrogen) atoms. The number of nitrogens with one attached hydrogen (secondary N) is 1. The zero-order valence-corrected chi connectivity index (χ0v) is 20.4. The number of benzene rings is 3. The van der Waals surface area contributed by atoms with Gasteiger partial charge in [0.15, 0.2) is 11.5 Å². The molecule has 0 aromatic heterocycles. The van der Waals surface area contributed by atoms with Gasteiger partial charge in [-0.3, -0.25) is 13.9 Å². The van der Waals surface area contributed by atoms with Crippen LogP contribution in [-0.4, -0.2) is 47.0 Å². The monoisotopic (exact) mass is 507 g/mol. The lowest BCUT2D eigenvalue weighted by atomic mass is 10.1. The number of hydrogen-bond acceptors (Lipinski definition) is 6. The number of sulfonamides is 1. The van der Waals surface area contributed by atoms with Gasteiger partial charge in [0, 0.05) is 37.5 Å². The van der Waals surface area contributed by atoms with Crippen molar-refractivity contribution in [2.45, 2.75) is 11.3 Å². The highest BCUT2D eigenvalue weighted by Gasteiger charge is 2.36. The van der Waals surface area contributed by atoms with E-state index in [1.807, 2.05) is 6.07 Å². The van der Waals surface area contributed by atoms with Crippen LogP contribution in [0.15, 0.2) is 77.7 Å². The molecule has 0 saturated carbocycles. The molecular weight excluding hydrogens is 482 g/mol. The molecule has 1 N–H and O–H groups in total. The Morgan fingerprint density at radius 1 is 0.972 bits per heavy atom. The van der Waals surface area contributed by atoms with E-state index in [2.05, 4.69) is 5.32 Å². The summed E-state index contributed by atoms with van der Waals surface area (Å²) in [6.45, 7) is 1.12. The molecule has 1 unspecified atom stereocenters. The number of ether oxygens (including phenoxy) is 2. The number of carbonyl (C=O) groups is 2. The molecule has 186 valence electrons. The second kappa shape index (κ2) is 9.54. The smallest absolute Gasteiger partial charge is 0.264 e. The third-order valence-corrected chi connectivity index (χ3v) is 7.99. The summed E-state index contributed by atoms with van der Waals surface area (Å²) < 4.78 is 38.5. The fraction of sp³-hybridized carbons (Fsp3) is 0.231. The number of fused-ring (bicyclic) bond motifs is 1. The third-order valence-electron chi connectivity index (χ3n) is 6.21. The molecule has 0 spiro atoms. The van der Waals surface area contributed by atoms with Crippen molar-refractivity contribution in [2.24, 2.45) is 5.92 Å². The molecule has 3 aromatic carbocycles. The molecule has 0 radical (unpaired) electrons. The van der Waals surface area contributed by atoms with Gasteiger partial charge in [0.25, 0.3) is 10.0 Å². The average molecular weight is 508 g/mol. The van der Waals surface area contributed by atoms with Crippen molar-refractivity contribution >= 4 is 38.9 Å². The first-order chi connectivity index (χ1) is 17.3. The lowest BCUT2D eigenvalue weighted by Gasteiger charge is -2.22. The topological polar surface area (TPSA) is 105 Å². The molecule has 9 nitrogen and oxygen atoms in total. The second-order valence-corrected chi connectivity index (χ2v) is 10.5. The van der Waals surface area contributed by atoms with Crippen molar-refractivity contribution < 1.29 is 27.5 Å². The Bertz CT molecular complexity index is 1410. The van der Waals surface area contributed by atoms with Crippen LogP contribution in [-0.2, 0) is 19.6 Å². The normalized spacial score (nSPS) is 17.1. The summed E-state index contributed by atoms with van der Waals surface area (Å²) in [5.74, 6) is 0.0802. The second-order valence-electron chi connectivity index (χ2n) is 8.56. The van der Waals surface area contributed by atoms with Gasteiger partial charge in [-0.2, -0.15) is 0 Å². The van der Waals surface area contributed by atoms with Crippen molar-refractivity contribution in [1.82, 2.24) is 0 Å². The summed E-state index contributed by atoms with van der Waals surface area (Å²) in [6.07, 6.45) is 0.0506. The molecular formula is C26H25N3O6S. The van der Waals surface area contributed by atoms with Gasteiger partial charge < -0.3 is 19.7 Å². The molecule has 3 aromatic rings. The Labute approximate surface area is 209 Å². The summed E-state index contributed by atoms with van der Waals surface area (Å²) in [7, 11) is -2.35. The first-order valence-corrected chi connectivity index (χ1v) is 12.9. The summed E-state index contributed by atoms with van der Waals surface area (Å²) >= 11 is 0. The van der Waals surface area contributed by atoms with Crippen LogP contribution in [0.1, 0.15) is 6.42 Å². The number of anilines is 3. The van der Waals surface area contributed by atoms with Crippen LogP contribution >= 0.6 is 0 Å². The van der Waals surface area contributed by atoms with Crippen molar-refractivity contribution in [3.8, 4) is 11.5 Å². The van der Waals surface area contributed by atoms with E-state index < -0.39 is 15.9 Å². The zero-order chi connectivity index (χ0) is 25.3. The Kier molecular flexibility index (Phi) is 6.27. The Hall–Kier alpha value is -4.05. The van der Waals surface area contributed by atoms with E-state index in [4.69, 9.17) is 9.47 Å². The van der Waals surface area contributed by atoms with Gasteiger partial charge in [-0.05, 0) is 42.5 Å². The van der Waals surface area contributed by atoms with Gasteiger partial charge in [-0.15, -0.1) is 0 Å². The molecule has 1 fully saturated rings. The SMILES string of the molecule is CN(c1ccccc1)S(=O)(=O)c1cccc(NC(=O)C2CC(=O)N(c3ccc4c(c3)OCCO4)C2)c1. The standard InChI is InChI=1S/C26H25N3O6S/c1-28(20-7-3-2-4-8-20)36(32,33)22-9-5-6-19(15-22)27-26(31)18-14-25(30)29(17-18)21-10-11-23-24(16-21)35-13-12-34-23/h2-11,15-16,18H,12-14,17H2,1H3,(H,27,31). The van der Waals surface area contributed by atoms with Crippen LogP contribution in [0, 0.1) is 5.92 Å². The van der Waals surface area contributed by atoms with E-state index in [9.17, 15) is 18.0 Å². The molecule has 10 heteroatoms. The molecule has 2 aliphatic heterocycles. The lowest BCUT2D eigenvalue weighted by Crippen LogP contribution is -2.28. The summed E-state index contributed by atoms with van der Waals surface area (Å²) in [6, 6.07) is 20.1. The van der Waals surface area contributed by atoms with Gasteiger partial charge in [0.1, 0.15) is 13.2 Å². The summed E-state index contributed by atoms with van der Waals surface area (Å²) in [5.41, 5.74) is 1.50. The maximum Gasteiger partial charge on any atom is 0.264 e. The predicted octanol–water partition coefficient (Wildman–Crippen LogP) is 3.27. The number of rotatable bonds is 6. The quantitative estimate of drug-likeness (QED) is 0.549. The van der Waals surface area contributed by atoms with E-state index in [0.29, 0.717) is 41.8 Å². The van der Waals surface area contributed by atoms with Gasteiger partial charge >= 0.3 is 0 Å². The molecule has 1 atom stereocenters. The van der Waals surface area contributed by atoms with Crippen molar-refractivity contribution in [2.75, 3.05) is 41.3 Å². The maximum absolute atomic E-state index is 13.1. The Morgan fingerprint density at radius 2 is 1.72 bits per heavy atom. The number of para-hydroxylation sites is 1. The predicted molar refractivity (Wildman–Crippen MR) is 135 cm³/mol. The lowest BCUT2D eigenvalue weighted by molar-refractivity contribution is -0.122. The number of hydrogen-bond donors (Lipinski definition) is 1. The molecule has 0 aliphatic carbocycles. The van der Waals surface area contributed by atoms with E-state index in [1.54, 1.807) is 59.5 Å². The van der Waals surface area contributed by atoms with E-state index in [0.717, 1.165) is 0 Å². The average Bonchev–Trinajstić information content (AvgIpc) is 3.30. The molecule has 2 heterocycles. The highest BCUT2D eigenvalue weighted by atomic mass is 32.2. The van der Waals surface area contributed by atoms with Crippen molar-refractivity contribution in [1.29, 1.82) is 0 Å². The van der Waals surface area contributed by atoms with Gasteiger partial charge in [-0.1, -0.05) is 24.3 Å². The zero-order valence-electron chi connectivity index (χ0n) is 19.6. The highest BCUT2D eigenvalue weighted by Crippen LogP contribution is 2.36. The molecule has 2 amide bonds. The Balaban J connectivity index is 1.29. The maximum atomic E-state index is 13.1. The van der Waals surface area contributed by atoms with Crippen LogP contribution in [0.4, 0.5) is 17.1 Å². The fourth-order valence-corrected chi connectivity index (χ4v) is 5.49. The van der Waals surface area contributed by atoms with Crippen LogP contribution in [0.2, 0.25) is 0 Å². The summed E-state index contributed by atoms with van der Waals surface area (Å²) in [4.78, 5) is 27.3. The number of amides is 2. The van der Waals surface area contributed by atoms with Gasteiger partial charge in [-0.25, -0.2) is 8.42 Å². The molecule has 5 rings (SSSR count). The fourth-order valence-electron chi connectivity index (χ4n) is 4.25. The van der Waals surface area contributed by atoms with Crippen LogP contribution in [0.5, 0.6) is 11.5 Å². The minimum Gasteiger partial charge on any atom is -0.486 e. The van der Waals surface area contributed by atoms with E-state index in [-0.39, 0.29) is 29.7 Å². The summed E-state index contributed by atoms with van der Waals surface area (Å²) in [5, 5.41) is 2.77. The van der Waals surface area contributed by atoms with Crippen molar-refractivity contribution in [3.63, 3.8) is 0 Å². The van der Waals surface area contributed by atoms with Crippen LogP contribution in [0.25, 0.3) is 0 Å². The van der Waals surface area contributed by atoms with Gasteiger partial charge in [0.2, 0.25) is 11.8 Å². The number of carbonyl (C=O) groups excluding carboxylic acids is 2. The van der Waals surface area contributed by atoms with Crippen molar-refractivity contribution in [3.05, 3.63) is 72.8 Å². The third kappa shape index (κ3) is 4.59. The minimum atomic E-state index is -3.83.